The number of nitrogens with zero attached hydrogens (tertiary/aromatic N) is 4. The van der Waals surface area contributed by atoms with E-state index in [1.54, 1.807) is 19.2 Å². The van der Waals surface area contributed by atoms with E-state index in [0.717, 1.165) is 30.2 Å². The van der Waals surface area contributed by atoms with Crippen LogP contribution in [0, 0.1) is 0 Å². The number of imidazole rings is 1. The topological polar surface area (TPSA) is 67.7 Å². The first-order chi connectivity index (χ1) is 14.8. The standard InChI is InChI=1S/C23H30N4O3S/c1-6-14-26(16-18-8-10-19(30-5)11-9-18)17-23-24-21-15-20(31(28,29)25(3)4)12-13-22(21)27(23)7-2/h6,8-13,15H,1,7,14,16-17H2,2-5H3. The molecular formula is C23H30N4O3S. The molecule has 0 unspecified atom stereocenters. The monoisotopic (exact) mass is 442 g/mol. The van der Waals surface area contributed by atoms with Crippen molar-refractivity contribution in [2.45, 2.75) is 31.5 Å². The van der Waals surface area contributed by atoms with Crippen LogP contribution in [0.2, 0.25) is 0 Å². The number of ether oxygens (including phenoxy) is 1. The zero-order chi connectivity index (χ0) is 22.6. The average molecular weight is 443 g/mol. The van der Waals surface area contributed by atoms with Gasteiger partial charge in [-0.25, -0.2) is 17.7 Å². The fraction of sp³-hybridized carbons (Fsp3) is 0.348. The van der Waals surface area contributed by atoms with Gasteiger partial charge in [-0.1, -0.05) is 18.2 Å². The quantitative estimate of drug-likeness (QED) is 0.450. The molecule has 0 fully saturated rings. The van der Waals surface area contributed by atoms with Gasteiger partial charge in [0.25, 0.3) is 0 Å². The second-order valence-electron chi connectivity index (χ2n) is 7.52. The van der Waals surface area contributed by atoms with Crippen LogP contribution >= 0.6 is 0 Å². The summed E-state index contributed by atoms with van der Waals surface area (Å²) in [5, 5.41) is 0. The molecule has 0 amide bonds. The minimum absolute atomic E-state index is 0.249. The van der Waals surface area contributed by atoms with Crippen LogP contribution in [0.4, 0.5) is 0 Å². The highest BCUT2D eigenvalue weighted by molar-refractivity contribution is 7.89. The van der Waals surface area contributed by atoms with Gasteiger partial charge in [0, 0.05) is 33.7 Å². The van der Waals surface area contributed by atoms with Gasteiger partial charge >= 0.3 is 0 Å². The zero-order valence-corrected chi connectivity index (χ0v) is 19.4. The van der Waals surface area contributed by atoms with E-state index in [2.05, 4.69) is 35.1 Å². The third-order valence-electron chi connectivity index (χ3n) is 5.21. The van der Waals surface area contributed by atoms with Gasteiger partial charge < -0.3 is 9.30 Å². The summed E-state index contributed by atoms with van der Waals surface area (Å²) >= 11 is 0. The lowest BCUT2D eigenvalue weighted by atomic mass is 10.2. The minimum atomic E-state index is -3.51. The number of sulfonamides is 1. The van der Waals surface area contributed by atoms with E-state index in [1.165, 1.54) is 24.0 Å². The number of rotatable bonds is 10. The Morgan fingerprint density at radius 1 is 1.13 bits per heavy atom. The fourth-order valence-corrected chi connectivity index (χ4v) is 4.48. The summed E-state index contributed by atoms with van der Waals surface area (Å²) in [5.74, 6) is 1.72. The molecule has 3 rings (SSSR count). The fourth-order valence-electron chi connectivity index (χ4n) is 3.56. The molecule has 0 aliphatic heterocycles. The molecule has 0 saturated carbocycles. The molecule has 8 heteroatoms. The van der Waals surface area contributed by atoms with Crippen LogP contribution in [0.25, 0.3) is 11.0 Å². The molecule has 7 nitrogen and oxygen atoms in total. The predicted molar refractivity (Wildman–Crippen MR) is 124 cm³/mol. The maximum atomic E-state index is 12.5. The molecule has 31 heavy (non-hydrogen) atoms. The highest BCUT2D eigenvalue weighted by Crippen LogP contribution is 2.23. The second-order valence-corrected chi connectivity index (χ2v) is 9.67. The van der Waals surface area contributed by atoms with E-state index in [0.29, 0.717) is 18.6 Å². The molecule has 0 atom stereocenters. The Labute approximate surface area is 184 Å². The summed E-state index contributed by atoms with van der Waals surface area (Å²) in [4.78, 5) is 7.29. The van der Waals surface area contributed by atoms with Crippen molar-refractivity contribution >= 4 is 21.1 Å². The number of hydrogen-bond donors (Lipinski definition) is 0. The van der Waals surface area contributed by atoms with Crippen LogP contribution < -0.4 is 4.74 Å². The van der Waals surface area contributed by atoms with Crippen molar-refractivity contribution in [3.8, 4) is 5.75 Å². The lowest BCUT2D eigenvalue weighted by molar-refractivity contribution is 0.275. The summed E-state index contributed by atoms with van der Waals surface area (Å²) in [6.45, 7) is 8.77. The zero-order valence-electron chi connectivity index (χ0n) is 18.6. The number of hydrogen-bond acceptors (Lipinski definition) is 5. The third-order valence-corrected chi connectivity index (χ3v) is 7.02. The molecule has 1 aromatic heterocycles. The van der Waals surface area contributed by atoms with Crippen LogP contribution in [-0.2, 0) is 29.7 Å². The molecule has 0 spiro atoms. The molecule has 166 valence electrons. The average Bonchev–Trinajstić information content (AvgIpc) is 3.10. The Morgan fingerprint density at radius 3 is 2.42 bits per heavy atom. The summed E-state index contributed by atoms with van der Waals surface area (Å²) in [7, 11) is 1.21. The Kier molecular flexibility index (Phi) is 7.15. The van der Waals surface area contributed by atoms with Crippen molar-refractivity contribution in [2.75, 3.05) is 27.7 Å². The Hall–Kier alpha value is -2.68. The van der Waals surface area contributed by atoms with Gasteiger partial charge in [0.15, 0.2) is 0 Å². The molecular weight excluding hydrogens is 412 g/mol. The molecule has 3 aromatic rings. The SMILES string of the molecule is C=CCN(Cc1ccc(OC)cc1)Cc1nc2cc(S(=O)(=O)N(C)C)ccc2n1CC. The molecule has 0 bridgehead atoms. The first kappa shape index (κ1) is 23.0. The number of benzene rings is 2. The van der Waals surface area contributed by atoms with E-state index < -0.39 is 10.0 Å². The largest absolute Gasteiger partial charge is 0.497 e. The van der Waals surface area contributed by atoms with Crippen LogP contribution in [0.5, 0.6) is 5.75 Å². The van der Waals surface area contributed by atoms with Crippen LogP contribution in [0.3, 0.4) is 0 Å². The number of aromatic nitrogens is 2. The van der Waals surface area contributed by atoms with Gasteiger partial charge in [-0.15, -0.1) is 6.58 Å². The molecule has 1 heterocycles. The van der Waals surface area contributed by atoms with Crippen molar-refractivity contribution in [1.82, 2.24) is 18.8 Å². The van der Waals surface area contributed by atoms with E-state index in [4.69, 9.17) is 9.72 Å². The van der Waals surface area contributed by atoms with Crippen molar-refractivity contribution in [3.63, 3.8) is 0 Å². The summed E-state index contributed by atoms with van der Waals surface area (Å²) in [5.41, 5.74) is 2.78. The lowest BCUT2D eigenvalue weighted by Crippen LogP contribution is -2.24. The van der Waals surface area contributed by atoms with Crippen molar-refractivity contribution in [2.24, 2.45) is 0 Å². The maximum Gasteiger partial charge on any atom is 0.242 e. The van der Waals surface area contributed by atoms with Crippen molar-refractivity contribution < 1.29 is 13.2 Å². The van der Waals surface area contributed by atoms with Gasteiger partial charge in [-0.3, -0.25) is 4.90 Å². The highest BCUT2D eigenvalue weighted by Gasteiger charge is 2.20. The van der Waals surface area contributed by atoms with Gasteiger partial charge in [0.05, 0.1) is 29.6 Å². The van der Waals surface area contributed by atoms with Crippen LogP contribution in [-0.4, -0.2) is 54.9 Å². The third kappa shape index (κ3) is 4.98. The molecule has 0 saturated heterocycles. The van der Waals surface area contributed by atoms with Crippen molar-refractivity contribution in [1.29, 1.82) is 0 Å². The summed E-state index contributed by atoms with van der Waals surface area (Å²) in [6, 6.07) is 13.2. The van der Waals surface area contributed by atoms with Crippen molar-refractivity contribution in [3.05, 3.63) is 66.5 Å². The van der Waals surface area contributed by atoms with E-state index >= 15 is 0 Å². The summed E-state index contributed by atoms with van der Waals surface area (Å²) in [6.07, 6.45) is 1.88. The van der Waals surface area contributed by atoms with Crippen LogP contribution in [0.1, 0.15) is 18.3 Å². The normalized spacial score (nSPS) is 12.1. The first-order valence-electron chi connectivity index (χ1n) is 10.2. The number of methoxy groups -OCH3 is 1. The Bertz CT molecular complexity index is 1150. The van der Waals surface area contributed by atoms with Gasteiger partial charge in [0.1, 0.15) is 11.6 Å². The predicted octanol–water partition coefficient (Wildman–Crippen LogP) is 3.50. The van der Waals surface area contributed by atoms with E-state index in [9.17, 15) is 8.42 Å². The van der Waals surface area contributed by atoms with E-state index in [-0.39, 0.29) is 4.90 Å². The molecule has 0 N–H and O–H groups in total. The molecule has 0 aliphatic carbocycles. The first-order valence-corrected chi connectivity index (χ1v) is 11.6. The lowest BCUT2D eigenvalue weighted by Gasteiger charge is -2.21. The highest BCUT2D eigenvalue weighted by atomic mass is 32.2. The van der Waals surface area contributed by atoms with Gasteiger partial charge in [0.2, 0.25) is 10.0 Å². The van der Waals surface area contributed by atoms with Gasteiger partial charge in [-0.2, -0.15) is 0 Å². The van der Waals surface area contributed by atoms with E-state index in [1.807, 2.05) is 24.3 Å². The second kappa shape index (κ2) is 9.64. The number of fused-ring (bicyclic) bond motifs is 1. The van der Waals surface area contributed by atoms with Crippen LogP contribution in [0.15, 0.2) is 60.0 Å². The Balaban J connectivity index is 1.92. The minimum Gasteiger partial charge on any atom is -0.497 e. The molecule has 0 radical (unpaired) electrons. The molecule has 0 aliphatic rings. The smallest absolute Gasteiger partial charge is 0.242 e. The van der Waals surface area contributed by atoms with Gasteiger partial charge in [-0.05, 0) is 42.8 Å². The number of aryl methyl sites for hydroxylation is 1. The summed E-state index contributed by atoms with van der Waals surface area (Å²) < 4.78 is 33.6. The maximum absolute atomic E-state index is 12.5. The Morgan fingerprint density at radius 2 is 1.84 bits per heavy atom. The molecule has 2 aromatic carbocycles.